The number of primary sulfonamides is 1. The summed E-state index contributed by atoms with van der Waals surface area (Å²) in [6.45, 7) is 1.34. The highest BCUT2D eigenvalue weighted by molar-refractivity contribution is 7.88. The van der Waals surface area contributed by atoms with Gasteiger partial charge < -0.3 is 10.6 Å². The molecule has 1 fully saturated rings. The van der Waals surface area contributed by atoms with Crippen molar-refractivity contribution in [3.8, 4) is 0 Å². The van der Waals surface area contributed by atoms with Crippen LogP contribution >= 0.6 is 0 Å². The number of nitrogens with one attached hydrogen (secondary N) is 2. The Morgan fingerprint density at radius 3 is 2.25 bits per heavy atom. The van der Waals surface area contributed by atoms with Gasteiger partial charge in [-0.1, -0.05) is 37.8 Å². The molecule has 4 N–H and O–H groups in total. The van der Waals surface area contributed by atoms with Gasteiger partial charge in [0.1, 0.15) is 0 Å². The Hall–Kier alpha value is -1.44. The van der Waals surface area contributed by atoms with Crippen molar-refractivity contribution in [2.75, 3.05) is 13.1 Å². The molecule has 1 saturated carbocycles. The van der Waals surface area contributed by atoms with Crippen molar-refractivity contribution in [2.45, 2.75) is 50.3 Å². The van der Waals surface area contributed by atoms with E-state index in [4.69, 9.17) is 5.14 Å². The van der Waals surface area contributed by atoms with E-state index < -0.39 is 10.0 Å². The first-order valence-electron chi connectivity index (χ1n) is 8.55. The third-order valence-corrected chi connectivity index (χ3v) is 5.02. The van der Waals surface area contributed by atoms with Crippen molar-refractivity contribution in [1.29, 1.82) is 0 Å². The van der Waals surface area contributed by atoms with Crippen molar-refractivity contribution in [3.05, 3.63) is 35.4 Å². The topological polar surface area (TPSA) is 101 Å². The normalized spacial score (nSPS) is 16.5. The van der Waals surface area contributed by atoms with E-state index >= 15 is 0 Å². The van der Waals surface area contributed by atoms with Crippen LogP contribution in [0.1, 0.15) is 54.4 Å². The van der Waals surface area contributed by atoms with E-state index in [2.05, 4.69) is 10.6 Å². The predicted octanol–water partition coefficient (Wildman–Crippen LogP) is 1.52. The first-order valence-corrected chi connectivity index (χ1v) is 10.3. The lowest BCUT2D eigenvalue weighted by Crippen LogP contribution is -2.36. The molecule has 0 bridgehead atoms. The predicted molar refractivity (Wildman–Crippen MR) is 95.1 cm³/mol. The molecular formula is C17H27N3O3S. The SMILES string of the molecule is NS(=O)(=O)Cc1ccc(C(=O)NCCNC2CCCCCC2)cc1. The molecule has 0 saturated heterocycles. The Morgan fingerprint density at radius 1 is 1.04 bits per heavy atom. The molecular weight excluding hydrogens is 326 g/mol. The minimum absolute atomic E-state index is 0.153. The molecule has 0 atom stereocenters. The first-order chi connectivity index (χ1) is 11.4. The van der Waals surface area contributed by atoms with Crippen LogP contribution in [0.4, 0.5) is 0 Å². The third-order valence-electron chi connectivity index (χ3n) is 4.28. The molecule has 0 heterocycles. The lowest BCUT2D eigenvalue weighted by Gasteiger charge is -2.16. The molecule has 134 valence electrons. The second kappa shape index (κ2) is 9.15. The highest BCUT2D eigenvalue weighted by Crippen LogP contribution is 2.16. The van der Waals surface area contributed by atoms with Crippen LogP contribution in [0.3, 0.4) is 0 Å². The van der Waals surface area contributed by atoms with E-state index in [9.17, 15) is 13.2 Å². The smallest absolute Gasteiger partial charge is 0.251 e. The summed E-state index contributed by atoms with van der Waals surface area (Å²) < 4.78 is 22.1. The molecule has 0 radical (unpaired) electrons. The van der Waals surface area contributed by atoms with Crippen molar-refractivity contribution in [1.82, 2.24) is 10.6 Å². The van der Waals surface area contributed by atoms with Crippen LogP contribution < -0.4 is 15.8 Å². The van der Waals surface area contributed by atoms with Gasteiger partial charge in [-0.2, -0.15) is 0 Å². The Labute approximate surface area is 144 Å². The molecule has 2 rings (SSSR count). The second-order valence-electron chi connectivity index (χ2n) is 6.40. The van der Waals surface area contributed by atoms with Crippen LogP contribution in [0.25, 0.3) is 0 Å². The van der Waals surface area contributed by atoms with Gasteiger partial charge in [-0.25, -0.2) is 13.6 Å². The maximum absolute atomic E-state index is 12.1. The van der Waals surface area contributed by atoms with Crippen LogP contribution in [-0.2, 0) is 15.8 Å². The summed E-state index contributed by atoms with van der Waals surface area (Å²) in [5, 5.41) is 11.4. The van der Waals surface area contributed by atoms with Gasteiger partial charge >= 0.3 is 0 Å². The number of amides is 1. The van der Waals surface area contributed by atoms with Gasteiger partial charge in [0.05, 0.1) is 5.75 Å². The largest absolute Gasteiger partial charge is 0.351 e. The third kappa shape index (κ3) is 6.98. The molecule has 6 nitrogen and oxygen atoms in total. The fraction of sp³-hybridized carbons (Fsp3) is 0.588. The first kappa shape index (κ1) is 18.9. The summed E-state index contributed by atoms with van der Waals surface area (Å²) in [4.78, 5) is 12.1. The molecule has 1 aliphatic carbocycles. The van der Waals surface area contributed by atoms with Crippen LogP contribution in [0.15, 0.2) is 24.3 Å². The fourth-order valence-corrected chi connectivity index (χ4v) is 3.68. The number of carbonyl (C=O) groups is 1. The lowest BCUT2D eigenvalue weighted by molar-refractivity contribution is 0.0953. The number of nitrogens with two attached hydrogens (primary N) is 1. The van der Waals surface area contributed by atoms with Gasteiger partial charge in [-0.15, -0.1) is 0 Å². The Kier molecular flexibility index (Phi) is 7.20. The van der Waals surface area contributed by atoms with Gasteiger partial charge in [0.2, 0.25) is 10.0 Å². The zero-order valence-corrected chi connectivity index (χ0v) is 14.8. The average molecular weight is 353 g/mol. The fourth-order valence-electron chi connectivity index (χ4n) is 3.02. The van der Waals surface area contributed by atoms with Crippen molar-refractivity contribution in [3.63, 3.8) is 0 Å². The van der Waals surface area contributed by atoms with Gasteiger partial charge in [0, 0.05) is 24.7 Å². The number of hydrogen-bond donors (Lipinski definition) is 3. The van der Waals surface area contributed by atoms with Crippen LogP contribution in [0.5, 0.6) is 0 Å². The maximum Gasteiger partial charge on any atom is 0.251 e. The van der Waals surface area contributed by atoms with E-state index in [0.717, 1.165) is 6.54 Å². The molecule has 0 spiro atoms. The Morgan fingerprint density at radius 2 is 1.67 bits per heavy atom. The molecule has 0 aliphatic heterocycles. The number of carbonyl (C=O) groups excluding carboxylic acids is 1. The molecule has 1 aromatic rings. The lowest BCUT2D eigenvalue weighted by atomic mass is 10.1. The summed E-state index contributed by atoms with van der Waals surface area (Å²) >= 11 is 0. The minimum Gasteiger partial charge on any atom is -0.351 e. The van der Waals surface area contributed by atoms with Crippen molar-refractivity contribution in [2.24, 2.45) is 5.14 Å². The Balaban J connectivity index is 1.72. The molecule has 0 unspecified atom stereocenters. The Bertz CT molecular complexity index is 621. The number of sulfonamides is 1. The molecule has 1 aliphatic rings. The van der Waals surface area contributed by atoms with Crippen LogP contribution in [0.2, 0.25) is 0 Å². The van der Waals surface area contributed by atoms with Crippen molar-refractivity contribution >= 4 is 15.9 Å². The second-order valence-corrected chi connectivity index (χ2v) is 8.02. The molecule has 1 amide bonds. The van der Waals surface area contributed by atoms with Gasteiger partial charge in [0.25, 0.3) is 5.91 Å². The van der Waals surface area contributed by atoms with E-state index in [0.29, 0.717) is 23.7 Å². The zero-order valence-electron chi connectivity index (χ0n) is 14.0. The maximum atomic E-state index is 12.1. The summed E-state index contributed by atoms with van der Waals surface area (Å²) in [6.07, 6.45) is 7.68. The minimum atomic E-state index is -3.55. The number of rotatable bonds is 7. The number of benzene rings is 1. The van der Waals surface area contributed by atoms with E-state index in [1.165, 1.54) is 38.5 Å². The zero-order chi connectivity index (χ0) is 17.4. The average Bonchev–Trinajstić information content (AvgIpc) is 2.79. The molecule has 7 heteroatoms. The highest BCUT2D eigenvalue weighted by Gasteiger charge is 2.11. The van der Waals surface area contributed by atoms with Crippen LogP contribution in [-0.4, -0.2) is 33.5 Å². The quantitative estimate of drug-likeness (QED) is 0.511. The van der Waals surface area contributed by atoms with E-state index in [-0.39, 0.29) is 11.7 Å². The van der Waals surface area contributed by atoms with Gasteiger partial charge in [-0.3, -0.25) is 4.79 Å². The van der Waals surface area contributed by atoms with Gasteiger partial charge in [-0.05, 0) is 30.5 Å². The summed E-state index contributed by atoms with van der Waals surface area (Å²) in [5.74, 6) is -0.375. The monoisotopic (exact) mass is 353 g/mol. The van der Waals surface area contributed by atoms with Crippen LogP contribution in [0, 0.1) is 0 Å². The summed E-state index contributed by atoms with van der Waals surface area (Å²) in [6, 6.07) is 7.04. The number of hydrogen-bond acceptors (Lipinski definition) is 4. The molecule has 24 heavy (non-hydrogen) atoms. The molecule has 1 aromatic carbocycles. The van der Waals surface area contributed by atoms with E-state index in [1.807, 2.05) is 0 Å². The summed E-state index contributed by atoms with van der Waals surface area (Å²) in [5.41, 5.74) is 1.09. The summed E-state index contributed by atoms with van der Waals surface area (Å²) in [7, 11) is -3.55. The van der Waals surface area contributed by atoms with Crippen molar-refractivity contribution < 1.29 is 13.2 Å². The standard InChI is InChI=1S/C17H27N3O3S/c18-24(22,23)13-14-7-9-15(10-8-14)17(21)20-12-11-19-16-5-3-1-2-4-6-16/h7-10,16,19H,1-6,11-13H2,(H,20,21)(H2,18,22,23). The van der Waals surface area contributed by atoms with E-state index in [1.54, 1.807) is 24.3 Å². The van der Waals surface area contributed by atoms with Gasteiger partial charge in [0.15, 0.2) is 0 Å². The highest BCUT2D eigenvalue weighted by atomic mass is 32.2. The molecule has 0 aromatic heterocycles.